The van der Waals surface area contributed by atoms with E-state index in [9.17, 15) is 0 Å². The van der Waals surface area contributed by atoms with Gasteiger partial charge in [0.15, 0.2) is 0 Å². The fraction of sp³-hybridized carbons (Fsp3) is 0.625. The fourth-order valence-corrected chi connectivity index (χ4v) is 2.82. The van der Waals surface area contributed by atoms with Crippen molar-refractivity contribution in [3.8, 4) is 0 Å². The maximum absolute atomic E-state index is 3.63. The summed E-state index contributed by atoms with van der Waals surface area (Å²) in [6.07, 6.45) is 0. The van der Waals surface area contributed by atoms with E-state index in [0.717, 1.165) is 32.7 Å². The molecule has 0 fully saturated rings. The summed E-state index contributed by atoms with van der Waals surface area (Å²) in [6.45, 7) is 14.6. The highest BCUT2D eigenvalue weighted by Crippen LogP contribution is 2.33. The number of likely N-dealkylation sites (N-methyl/N-ethyl adjacent to an activating group) is 1. The van der Waals surface area contributed by atoms with E-state index >= 15 is 0 Å². The summed E-state index contributed by atoms with van der Waals surface area (Å²) in [7, 11) is 0. The number of nitrogens with one attached hydrogen (secondary N) is 1. The van der Waals surface area contributed by atoms with Crippen LogP contribution in [0.1, 0.15) is 27.7 Å². The Morgan fingerprint density at radius 2 is 1.89 bits per heavy atom. The maximum Gasteiger partial charge on any atom is 0.0603 e. The average molecular weight is 261 g/mol. The van der Waals surface area contributed by atoms with E-state index in [1.54, 1.807) is 0 Å². The molecular formula is C16H27N3. The molecule has 2 rings (SSSR count). The lowest BCUT2D eigenvalue weighted by molar-refractivity contribution is 0.307. The predicted molar refractivity (Wildman–Crippen MR) is 84.1 cm³/mol. The van der Waals surface area contributed by atoms with Crippen LogP contribution in [0.2, 0.25) is 0 Å². The second kappa shape index (κ2) is 5.83. The highest BCUT2D eigenvalue weighted by atomic mass is 15.2. The number of anilines is 2. The van der Waals surface area contributed by atoms with Crippen LogP contribution in [0.3, 0.4) is 0 Å². The lowest BCUT2D eigenvalue weighted by Crippen LogP contribution is -2.50. The molecule has 1 N–H and O–H groups in total. The molecule has 1 aromatic rings. The molecule has 1 aromatic carbocycles. The van der Waals surface area contributed by atoms with Gasteiger partial charge in [-0.1, -0.05) is 26.0 Å². The summed E-state index contributed by atoms with van der Waals surface area (Å²) in [5, 5.41) is 3.63. The minimum atomic E-state index is 0.137. The molecule has 3 nitrogen and oxygen atoms in total. The molecule has 0 aromatic heterocycles. The lowest BCUT2D eigenvalue weighted by Gasteiger charge is -2.42. The van der Waals surface area contributed by atoms with Crippen molar-refractivity contribution in [2.75, 3.05) is 42.9 Å². The maximum atomic E-state index is 3.63. The highest BCUT2D eigenvalue weighted by Gasteiger charge is 2.28. The molecule has 3 heteroatoms. The van der Waals surface area contributed by atoms with E-state index in [-0.39, 0.29) is 5.54 Å². The molecule has 106 valence electrons. The fourth-order valence-electron chi connectivity index (χ4n) is 2.82. The van der Waals surface area contributed by atoms with Gasteiger partial charge in [0.1, 0.15) is 0 Å². The molecule has 0 saturated heterocycles. The first kappa shape index (κ1) is 14.2. The van der Waals surface area contributed by atoms with E-state index in [1.807, 2.05) is 0 Å². The second-order valence-corrected chi connectivity index (χ2v) is 5.97. The molecule has 1 aliphatic rings. The molecule has 0 amide bonds. The van der Waals surface area contributed by atoms with Crippen molar-refractivity contribution in [3.05, 3.63) is 24.3 Å². The molecular weight excluding hydrogens is 234 g/mol. The summed E-state index contributed by atoms with van der Waals surface area (Å²) in [6, 6.07) is 8.64. The van der Waals surface area contributed by atoms with Crippen LogP contribution in [-0.2, 0) is 0 Å². The van der Waals surface area contributed by atoms with Crippen molar-refractivity contribution in [1.82, 2.24) is 4.90 Å². The number of fused-ring (bicyclic) bond motifs is 1. The number of nitrogens with zero attached hydrogens (tertiary/aromatic N) is 2. The number of rotatable bonds is 5. The Balaban J connectivity index is 2.11. The quantitative estimate of drug-likeness (QED) is 0.879. The first-order valence-corrected chi connectivity index (χ1v) is 7.40. The monoisotopic (exact) mass is 261 g/mol. The summed E-state index contributed by atoms with van der Waals surface area (Å²) in [5.41, 5.74) is 2.74. The van der Waals surface area contributed by atoms with Crippen molar-refractivity contribution in [2.45, 2.75) is 33.2 Å². The third-order valence-electron chi connectivity index (χ3n) is 3.88. The molecule has 1 heterocycles. The Labute approximate surface area is 117 Å². The van der Waals surface area contributed by atoms with E-state index in [1.165, 1.54) is 11.4 Å². The van der Waals surface area contributed by atoms with Crippen LogP contribution in [0.5, 0.6) is 0 Å². The Hall–Kier alpha value is -1.22. The second-order valence-electron chi connectivity index (χ2n) is 5.97. The zero-order valence-electron chi connectivity index (χ0n) is 12.7. The highest BCUT2D eigenvalue weighted by molar-refractivity contribution is 5.73. The minimum Gasteiger partial charge on any atom is -0.377 e. The average Bonchev–Trinajstić information content (AvgIpc) is 2.38. The molecule has 19 heavy (non-hydrogen) atoms. The smallest absolute Gasteiger partial charge is 0.0603 e. The predicted octanol–water partition coefficient (Wildman–Crippen LogP) is 3.04. The van der Waals surface area contributed by atoms with Gasteiger partial charge in [0.05, 0.1) is 11.4 Å². The molecule has 1 aliphatic heterocycles. The first-order valence-electron chi connectivity index (χ1n) is 7.40. The van der Waals surface area contributed by atoms with E-state index < -0.39 is 0 Å². The van der Waals surface area contributed by atoms with Gasteiger partial charge < -0.3 is 15.1 Å². The van der Waals surface area contributed by atoms with E-state index in [2.05, 4.69) is 67.1 Å². The van der Waals surface area contributed by atoms with E-state index in [0.29, 0.717) is 0 Å². The molecule has 0 aliphatic carbocycles. The van der Waals surface area contributed by atoms with E-state index in [4.69, 9.17) is 0 Å². The van der Waals surface area contributed by atoms with Gasteiger partial charge in [0.2, 0.25) is 0 Å². The summed E-state index contributed by atoms with van der Waals surface area (Å²) in [4.78, 5) is 5.00. The first-order chi connectivity index (χ1) is 9.05. The van der Waals surface area contributed by atoms with Gasteiger partial charge >= 0.3 is 0 Å². The zero-order valence-corrected chi connectivity index (χ0v) is 12.7. The molecule has 0 radical (unpaired) electrons. The molecule has 0 spiro atoms. The molecule has 0 unspecified atom stereocenters. The van der Waals surface area contributed by atoms with Gasteiger partial charge in [-0.05, 0) is 39.1 Å². The Bertz CT molecular complexity index is 410. The van der Waals surface area contributed by atoms with Crippen LogP contribution in [-0.4, -0.2) is 43.2 Å². The van der Waals surface area contributed by atoms with Crippen LogP contribution < -0.4 is 10.2 Å². The molecule has 0 bridgehead atoms. The normalized spacial score (nSPS) is 17.2. The van der Waals surface area contributed by atoms with Crippen molar-refractivity contribution >= 4 is 11.4 Å². The summed E-state index contributed by atoms with van der Waals surface area (Å²) < 4.78 is 0. The van der Waals surface area contributed by atoms with Gasteiger partial charge in [-0.3, -0.25) is 0 Å². The number of benzene rings is 1. The van der Waals surface area contributed by atoms with Crippen LogP contribution in [0.25, 0.3) is 0 Å². The Morgan fingerprint density at radius 1 is 1.21 bits per heavy atom. The van der Waals surface area contributed by atoms with Gasteiger partial charge in [-0.15, -0.1) is 0 Å². The van der Waals surface area contributed by atoms with Crippen LogP contribution in [0.15, 0.2) is 24.3 Å². The van der Waals surface area contributed by atoms with Crippen LogP contribution in [0.4, 0.5) is 11.4 Å². The number of para-hydroxylation sites is 2. The third-order valence-corrected chi connectivity index (χ3v) is 3.88. The summed E-state index contributed by atoms with van der Waals surface area (Å²) in [5.74, 6) is 0. The standard InChI is InChI=1S/C16H27N3/c1-5-18(6-2)11-12-19-13-16(3,4)17-14-9-7-8-10-15(14)19/h7-10,17H,5-6,11-13H2,1-4H3. The Kier molecular flexibility index (Phi) is 4.35. The summed E-state index contributed by atoms with van der Waals surface area (Å²) >= 11 is 0. The van der Waals surface area contributed by atoms with Gasteiger partial charge in [0.25, 0.3) is 0 Å². The largest absolute Gasteiger partial charge is 0.377 e. The van der Waals surface area contributed by atoms with Crippen molar-refractivity contribution in [3.63, 3.8) is 0 Å². The van der Waals surface area contributed by atoms with Crippen molar-refractivity contribution in [2.24, 2.45) is 0 Å². The van der Waals surface area contributed by atoms with Crippen molar-refractivity contribution in [1.29, 1.82) is 0 Å². The number of hydrogen-bond donors (Lipinski definition) is 1. The molecule has 0 saturated carbocycles. The van der Waals surface area contributed by atoms with Gasteiger partial charge in [-0.2, -0.15) is 0 Å². The Morgan fingerprint density at radius 3 is 2.58 bits per heavy atom. The molecule has 0 atom stereocenters. The zero-order chi connectivity index (χ0) is 13.9. The van der Waals surface area contributed by atoms with Gasteiger partial charge in [0, 0.05) is 25.2 Å². The number of hydrogen-bond acceptors (Lipinski definition) is 3. The van der Waals surface area contributed by atoms with Crippen molar-refractivity contribution < 1.29 is 0 Å². The lowest BCUT2D eigenvalue weighted by atomic mass is 9.99. The third kappa shape index (κ3) is 3.41. The van der Waals surface area contributed by atoms with Crippen LogP contribution >= 0.6 is 0 Å². The SMILES string of the molecule is CCN(CC)CCN1CC(C)(C)Nc2ccccc21. The topological polar surface area (TPSA) is 18.5 Å². The van der Waals surface area contributed by atoms with Gasteiger partial charge in [-0.25, -0.2) is 0 Å². The minimum absolute atomic E-state index is 0.137. The van der Waals surface area contributed by atoms with Crippen LogP contribution in [0, 0.1) is 0 Å².